The molecule has 36 heteroatoms. The summed E-state index contributed by atoms with van der Waals surface area (Å²) in [6.45, 7) is -23.9. The van der Waals surface area contributed by atoms with E-state index in [0.717, 1.165) is 0 Å². The lowest BCUT2D eigenvalue weighted by molar-refractivity contribution is -0.176. The van der Waals surface area contributed by atoms with Crippen molar-refractivity contribution in [3.63, 3.8) is 0 Å². The van der Waals surface area contributed by atoms with Gasteiger partial charge in [-0.2, -0.15) is 79.0 Å². The van der Waals surface area contributed by atoms with Gasteiger partial charge in [-0.05, 0) is 0 Å². The maximum absolute atomic E-state index is 12.7. The normalized spacial score (nSPS) is 17.3. The van der Waals surface area contributed by atoms with Gasteiger partial charge < -0.3 is 55.6 Å². The number of nitrogens with zero attached hydrogens (tertiary/aromatic N) is 3. The summed E-state index contributed by atoms with van der Waals surface area (Å²) >= 11 is 0. The van der Waals surface area contributed by atoms with Gasteiger partial charge in [0.25, 0.3) is 0 Å². The molecule has 0 amide bonds. The van der Waals surface area contributed by atoms with E-state index in [1.807, 2.05) is 0 Å². The van der Waals surface area contributed by atoms with Crippen molar-refractivity contribution in [1.29, 1.82) is 0 Å². The molecule has 0 saturated heterocycles. The largest absolute Gasteiger partial charge is 0.411 e. The maximum atomic E-state index is 12.7. The molecule has 15 nitrogen and oxygen atoms in total. The number of hydrogen-bond donors (Lipinski definition) is 0. The zero-order valence-electron chi connectivity index (χ0n) is 30.1. The van der Waals surface area contributed by atoms with Crippen LogP contribution in [0.1, 0.15) is 0 Å². The molecule has 0 aromatic heterocycles. The fourth-order valence-electron chi connectivity index (χ4n) is 3.32. The average Bonchev–Trinajstić information content (AvgIpc) is 3.04. The summed E-state index contributed by atoms with van der Waals surface area (Å²) in [5.41, 5.74) is 0. The first kappa shape index (κ1) is 57.0. The molecule has 0 fully saturated rings. The Kier molecular flexibility index (Phi) is 24.2. The Bertz CT molecular complexity index is 1130. The Hall–Kier alpha value is -1.05. The molecule has 0 spiro atoms. The highest BCUT2D eigenvalue weighted by atomic mass is 31.3. The molecule has 0 bridgehead atoms. The molecule has 0 unspecified atom stereocenters. The van der Waals surface area contributed by atoms with E-state index < -0.39 is 179 Å². The monoisotopic (exact) mass is 993 g/mol. The van der Waals surface area contributed by atoms with Gasteiger partial charge in [0.2, 0.25) is 0 Å². The molecular formula is C24H36F18N3O12P3. The van der Waals surface area contributed by atoms with Crippen LogP contribution in [0.3, 0.4) is 0 Å². The molecule has 0 aliphatic carbocycles. The zero-order chi connectivity index (χ0) is 45.8. The first-order chi connectivity index (χ1) is 27.4. The van der Waals surface area contributed by atoms with E-state index in [1.54, 1.807) is 0 Å². The fourth-order valence-corrected chi connectivity index (χ4v) is 12.7. The summed E-state index contributed by atoms with van der Waals surface area (Å²) in [5.74, 6) is 0. The van der Waals surface area contributed by atoms with Crippen molar-refractivity contribution >= 4 is 23.0 Å². The van der Waals surface area contributed by atoms with Gasteiger partial charge in [0.15, 0.2) is 0 Å². The number of halogens is 18. The average molecular weight is 993 g/mol. The van der Waals surface area contributed by atoms with Crippen molar-refractivity contribution in [2.45, 2.75) is 37.1 Å². The third-order valence-electron chi connectivity index (χ3n) is 5.20. The Morgan fingerprint density at radius 2 is 0.367 bits per heavy atom. The molecule has 1 heterocycles. The zero-order valence-corrected chi connectivity index (χ0v) is 32.8. The minimum Gasteiger partial charge on any atom is -0.370 e. The SMILES string of the molecule is FC(F)(F)COCCOP1(OCCOCC(F)(F)F)=NP(OCCOCC(F)(F)F)(OCCOCC(F)(F)F)=NP(OCCOCC(F)(F)F)(OCCOCC(F)(F)F)=N1. The van der Waals surface area contributed by atoms with E-state index in [1.165, 1.54) is 0 Å². The topological polar surface area (TPSA) is 148 Å². The summed E-state index contributed by atoms with van der Waals surface area (Å²) in [5, 5.41) is 0. The van der Waals surface area contributed by atoms with Crippen molar-refractivity contribution in [3.05, 3.63) is 0 Å². The Morgan fingerprint density at radius 1 is 0.233 bits per heavy atom. The third-order valence-corrected chi connectivity index (χ3v) is 13.7. The van der Waals surface area contributed by atoms with Crippen molar-refractivity contribution in [1.82, 2.24) is 0 Å². The van der Waals surface area contributed by atoms with Crippen LogP contribution in [0.15, 0.2) is 13.5 Å². The van der Waals surface area contributed by atoms with Gasteiger partial charge in [-0.3, -0.25) is 0 Å². The van der Waals surface area contributed by atoms with Crippen molar-refractivity contribution in [3.8, 4) is 0 Å². The second-order valence-electron chi connectivity index (χ2n) is 10.7. The minimum atomic E-state index is -4.97. The molecule has 1 aliphatic rings. The van der Waals surface area contributed by atoms with Crippen molar-refractivity contribution in [2.24, 2.45) is 13.5 Å². The van der Waals surface area contributed by atoms with Crippen LogP contribution in [-0.4, -0.2) is 156 Å². The third kappa shape index (κ3) is 30.1. The predicted molar refractivity (Wildman–Crippen MR) is 165 cm³/mol. The smallest absolute Gasteiger partial charge is 0.370 e. The highest BCUT2D eigenvalue weighted by molar-refractivity contribution is 7.78. The van der Waals surface area contributed by atoms with Gasteiger partial charge in [-0.25, -0.2) is 0 Å². The van der Waals surface area contributed by atoms with E-state index in [-0.39, 0.29) is 0 Å². The van der Waals surface area contributed by atoms with Gasteiger partial charge in [0.05, 0.1) is 79.3 Å². The van der Waals surface area contributed by atoms with Crippen molar-refractivity contribution in [2.75, 3.05) is 119 Å². The van der Waals surface area contributed by atoms with E-state index in [4.69, 9.17) is 27.1 Å². The molecule has 60 heavy (non-hydrogen) atoms. The molecule has 0 N–H and O–H groups in total. The molecule has 0 aromatic carbocycles. The maximum Gasteiger partial charge on any atom is 0.411 e. The van der Waals surface area contributed by atoms with Gasteiger partial charge in [0, 0.05) is 0 Å². The highest BCUT2D eigenvalue weighted by Gasteiger charge is 2.44. The van der Waals surface area contributed by atoms with Crippen molar-refractivity contribution < 1.29 is 135 Å². The van der Waals surface area contributed by atoms with Gasteiger partial charge in [0.1, 0.15) is 39.6 Å². The highest BCUT2D eigenvalue weighted by Crippen LogP contribution is 2.80. The van der Waals surface area contributed by atoms with Gasteiger partial charge in [-0.1, -0.05) is 0 Å². The number of ether oxygens (including phenoxy) is 6. The number of rotatable bonds is 30. The van der Waals surface area contributed by atoms with Crippen LogP contribution < -0.4 is 0 Å². The lowest BCUT2D eigenvalue weighted by atomic mass is 10.7. The van der Waals surface area contributed by atoms with Crippen LogP contribution in [0, 0.1) is 0 Å². The molecule has 0 aromatic rings. The molecule has 1 aliphatic heterocycles. The number of hydrogen-bond acceptors (Lipinski definition) is 15. The van der Waals surface area contributed by atoms with Crippen LogP contribution in [0.25, 0.3) is 0 Å². The fraction of sp³-hybridized carbons (Fsp3) is 1.00. The Balaban J connectivity index is 3.93. The van der Waals surface area contributed by atoms with Gasteiger partial charge >= 0.3 is 60.0 Å². The second kappa shape index (κ2) is 25.4. The summed E-state index contributed by atoms with van der Waals surface area (Å²) in [6.07, 6.45) is -29.5. The van der Waals surface area contributed by atoms with E-state index in [0.29, 0.717) is 0 Å². The minimum absolute atomic E-state index is 1.02. The van der Waals surface area contributed by atoms with E-state index in [9.17, 15) is 79.0 Å². The van der Waals surface area contributed by atoms with Crippen LogP contribution in [0.5, 0.6) is 0 Å². The first-order valence-electron chi connectivity index (χ1n) is 16.0. The predicted octanol–water partition coefficient (Wildman–Crippen LogP) is 9.41. The van der Waals surface area contributed by atoms with E-state index >= 15 is 0 Å². The lowest BCUT2D eigenvalue weighted by Gasteiger charge is -2.33. The summed E-state index contributed by atoms with van der Waals surface area (Å²) in [6, 6.07) is 0. The summed E-state index contributed by atoms with van der Waals surface area (Å²) < 4.78 is 300. The van der Waals surface area contributed by atoms with Crippen LogP contribution in [0.2, 0.25) is 0 Å². The van der Waals surface area contributed by atoms with E-state index in [2.05, 4.69) is 42.0 Å². The molecule has 360 valence electrons. The summed E-state index contributed by atoms with van der Waals surface area (Å²) in [4.78, 5) is 0. The van der Waals surface area contributed by atoms with Crippen LogP contribution >= 0.6 is 23.0 Å². The molecule has 1 rings (SSSR count). The molecular weight excluding hydrogens is 957 g/mol. The van der Waals surface area contributed by atoms with Crippen LogP contribution in [0.4, 0.5) is 79.0 Å². The quantitative estimate of drug-likeness (QED) is 0.0384. The molecule has 0 atom stereocenters. The first-order valence-corrected chi connectivity index (χ1v) is 20.6. The molecule has 0 radical (unpaired) electrons. The van der Waals surface area contributed by atoms with Gasteiger partial charge in [-0.15, -0.1) is 13.5 Å². The summed E-state index contributed by atoms with van der Waals surface area (Å²) in [7, 11) is -14.9. The Labute approximate surface area is 327 Å². The molecule has 0 saturated carbocycles. The Morgan fingerprint density at radius 3 is 0.483 bits per heavy atom. The number of alkyl halides is 18. The van der Waals surface area contributed by atoms with Crippen LogP contribution in [-0.2, 0) is 55.6 Å². The standard InChI is InChI=1S/C24H36F18N3O12P3/c25-19(26,27)13-46-1-7-52-58(53-8-2-47-14-20(28,29)30)43-59(54-9-3-48-15-21(31,32)33,55-10-4-49-16-22(34,35)36)45-60(44-58,56-11-5-50-17-23(37,38)39)57-12-6-51-18-24(40,41)42/h1-18H2. The second-order valence-corrected chi connectivity index (χ2v) is 17.4. The lowest BCUT2D eigenvalue weighted by Crippen LogP contribution is -2.20.